The molecule has 0 aliphatic heterocycles. The van der Waals surface area contributed by atoms with Crippen LogP contribution in [-0.2, 0) is 6.54 Å². The lowest BCUT2D eigenvalue weighted by Crippen LogP contribution is -2.21. The predicted molar refractivity (Wildman–Crippen MR) is 72.2 cm³/mol. The first-order valence-electron chi connectivity index (χ1n) is 5.76. The summed E-state index contributed by atoms with van der Waals surface area (Å²) in [6.07, 6.45) is 0.791. The van der Waals surface area contributed by atoms with E-state index in [9.17, 15) is 9.90 Å². The molecule has 2 rings (SSSR count). The van der Waals surface area contributed by atoms with E-state index in [0.717, 1.165) is 11.3 Å². The van der Waals surface area contributed by atoms with Crippen LogP contribution >= 0.6 is 11.3 Å². The summed E-state index contributed by atoms with van der Waals surface area (Å²) in [6, 6.07) is 5.06. The van der Waals surface area contributed by atoms with Gasteiger partial charge < -0.3 is 15.5 Å². The van der Waals surface area contributed by atoms with Crippen molar-refractivity contribution in [2.45, 2.75) is 12.6 Å². The van der Waals surface area contributed by atoms with Crippen molar-refractivity contribution >= 4 is 17.3 Å². The van der Waals surface area contributed by atoms with Gasteiger partial charge in [0.2, 0.25) is 0 Å². The second-order valence-electron chi connectivity index (χ2n) is 4.05. The van der Waals surface area contributed by atoms with Gasteiger partial charge in [-0.3, -0.25) is 4.98 Å². The van der Waals surface area contributed by atoms with Gasteiger partial charge in [0, 0.05) is 19.3 Å². The molecule has 0 saturated carbocycles. The molecule has 1 unspecified atom stereocenters. The van der Waals surface area contributed by atoms with Crippen molar-refractivity contribution < 1.29 is 15.0 Å². The van der Waals surface area contributed by atoms with E-state index in [2.05, 4.69) is 10.3 Å². The van der Waals surface area contributed by atoms with Crippen molar-refractivity contribution in [2.24, 2.45) is 0 Å². The quantitative estimate of drug-likeness (QED) is 0.748. The van der Waals surface area contributed by atoms with Crippen LogP contribution in [0.5, 0.6) is 0 Å². The van der Waals surface area contributed by atoms with Crippen LogP contribution in [0.1, 0.15) is 27.7 Å². The molecule has 2 aromatic heterocycles. The highest BCUT2D eigenvalue weighted by atomic mass is 32.1. The number of hydrogen-bond acceptors (Lipinski definition) is 5. The van der Waals surface area contributed by atoms with E-state index in [1.54, 1.807) is 17.4 Å². The number of carbonyl (C=O) groups is 1. The fourth-order valence-corrected chi connectivity index (χ4v) is 2.28. The summed E-state index contributed by atoms with van der Waals surface area (Å²) >= 11 is 1.55. The molecule has 2 aromatic rings. The summed E-state index contributed by atoms with van der Waals surface area (Å²) in [5.41, 5.74) is 1.80. The Morgan fingerprint density at radius 3 is 2.84 bits per heavy atom. The number of carboxylic acid groups (broad SMARTS) is 1. The van der Waals surface area contributed by atoms with E-state index in [4.69, 9.17) is 5.11 Å². The summed E-state index contributed by atoms with van der Waals surface area (Å²) in [7, 11) is 0. The standard InChI is InChI=1S/C13H14N2O3S/c16-12(10-3-4-19-8-10)7-14-6-11-2-1-9(5-15-11)13(17)18/h1-5,8,12,14,16H,6-7H2,(H,17,18). The molecule has 5 nitrogen and oxygen atoms in total. The van der Waals surface area contributed by atoms with E-state index in [-0.39, 0.29) is 5.56 Å². The van der Waals surface area contributed by atoms with Crippen LogP contribution in [0.2, 0.25) is 0 Å². The Balaban J connectivity index is 1.81. The molecule has 3 N–H and O–H groups in total. The molecule has 0 spiro atoms. The van der Waals surface area contributed by atoms with Crippen molar-refractivity contribution in [1.29, 1.82) is 0 Å². The van der Waals surface area contributed by atoms with Gasteiger partial charge in [-0.2, -0.15) is 11.3 Å². The minimum Gasteiger partial charge on any atom is -0.478 e. The second-order valence-corrected chi connectivity index (χ2v) is 4.83. The van der Waals surface area contributed by atoms with E-state index < -0.39 is 12.1 Å². The monoisotopic (exact) mass is 278 g/mol. The average Bonchev–Trinajstić information content (AvgIpc) is 2.93. The topological polar surface area (TPSA) is 82.5 Å². The fraction of sp³-hybridized carbons (Fsp3) is 0.231. The van der Waals surface area contributed by atoms with Gasteiger partial charge in [-0.15, -0.1) is 0 Å². The lowest BCUT2D eigenvalue weighted by Gasteiger charge is -2.10. The number of thiophene rings is 1. The molecule has 2 heterocycles. The van der Waals surface area contributed by atoms with Crippen molar-refractivity contribution in [3.8, 4) is 0 Å². The van der Waals surface area contributed by atoms with Crippen molar-refractivity contribution in [3.05, 3.63) is 52.0 Å². The highest BCUT2D eigenvalue weighted by Crippen LogP contribution is 2.15. The number of aliphatic hydroxyl groups excluding tert-OH is 1. The third kappa shape index (κ3) is 3.85. The second kappa shape index (κ2) is 6.42. The van der Waals surface area contributed by atoms with Gasteiger partial charge in [0.25, 0.3) is 0 Å². The lowest BCUT2D eigenvalue weighted by atomic mass is 10.2. The van der Waals surface area contributed by atoms with Crippen LogP contribution in [0.4, 0.5) is 0 Å². The molecule has 0 amide bonds. The van der Waals surface area contributed by atoms with Gasteiger partial charge in [0.15, 0.2) is 0 Å². The normalized spacial score (nSPS) is 12.3. The number of pyridine rings is 1. The first kappa shape index (κ1) is 13.7. The molecular formula is C13H14N2O3S. The minimum absolute atomic E-state index is 0.169. The molecule has 0 radical (unpaired) electrons. The Morgan fingerprint density at radius 2 is 2.26 bits per heavy atom. The summed E-state index contributed by atoms with van der Waals surface area (Å²) in [5.74, 6) is -0.986. The van der Waals surface area contributed by atoms with Crippen LogP contribution in [0.15, 0.2) is 35.2 Å². The Bertz CT molecular complexity index is 525. The first-order chi connectivity index (χ1) is 9.16. The van der Waals surface area contributed by atoms with Gasteiger partial charge in [-0.25, -0.2) is 4.79 Å². The third-order valence-electron chi connectivity index (χ3n) is 2.64. The van der Waals surface area contributed by atoms with E-state index in [1.165, 1.54) is 12.3 Å². The van der Waals surface area contributed by atoms with E-state index >= 15 is 0 Å². The van der Waals surface area contributed by atoms with Crippen LogP contribution < -0.4 is 5.32 Å². The van der Waals surface area contributed by atoms with Crippen LogP contribution in [0.25, 0.3) is 0 Å². The Kier molecular flexibility index (Phi) is 4.62. The Labute approximate surface area is 114 Å². The number of rotatable bonds is 6. The fourth-order valence-electron chi connectivity index (χ4n) is 1.57. The summed E-state index contributed by atoms with van der Waals surface area (Å²) < 4.78 is 0. The number of nitrogens with one attached hydrogen (secondary N) is 1. The minimum atomic E-state index is -0.986. The van der Waals surface area contributed by atoms with Crippen LogP contribution in [-0.4, -0.2) is 27.7 Å². The highest BCUT2D eigenvalue weighted by Gasteiger charge is 2.07. The molecule has 6 heteroatoms. The average molecular weight is 278 g/mol. The molecule has 0 aliphatic carbocycles. The molecule has 0 fully saturated rings. The molecule has 0 saturated heterocycles. The predicted octanol–water partition coefficient (Wildman–Crippen LogP) is 1.66. The molecule has 19 heavy (non-hydrogen) atoms. The summed E-state index contributed by atoms with van der Waals surface area (Å²) in [5, 5.41) is 25.5. The number of aliphatic hydroxyl groups is 1. The maximum atomic E-state index is 10.7. The van der Waals surface area contributed by atoms with Gasteiger partial charge >= 0.3 is 5.97 Å². The van der Waals surface area contributed by atoms with E-state index in [0.29, 0.717) is 13.1 Å². The van der Waals surface area contributed by atoms with Gasteiger partial charge in [-0.05, 0) is 34.5 Å². The van der Waals surface area contributed by atoms with Gasteiger partial charge in [0.05, 0.1) is 17.4 Å². The van der Waals surface area contributed by atoms with Crippen LogP contribution in [0.3, 0.4) is 0 Å². The maximum absolute atomic E-state index is 10.7. The zero-order chi connectivity index (χ0) is 13.7. The molecular weight excluding hydrogens is 264 g/mol. The smallest absolute Gasteiger partial charge is 0.337 e. The third-order valence-corrected chi connectivity index (χ3v) is 3.34. The maximum Gasteiger partial charge on any atom is 0.337 e. The number of carboxylic acids is 1. The molecule has 100 valence electrons. The lowest BCUT2D eigenvalue weighted by molar-refractivity contribution is 0.0696. The Hall–Kier alpha value is -1.76. The summed E-state index contributed by atoms with van der Waals surface area (Å²) in [6.45, 7) is 0.917. The molecule has 0 aliphatic rings. The highest BCUT2D eigenvalue weighted by molar-refractivity contribution is 7.07. The van der Waals surface area contributed by atoms with Crippen molar-refractivity contribution in [3.63, 3.8) is 0 Å². The Morgan fingerprint density at radius 1 is 1.42 bits per heavy atom. The van der Waals surface area contributed by atoms with Crippen LogP contribution in [0, 0.1) is 0 Å². The van der Waals surface area contributed by atoms with Crippen molar-refractivity contribution in [2.75, 3.05) is 6.54 Å². The zero-order valence-corrected chi connectivity index (χ0v) is 10.9. The number of aromatic carboxylic acids is 1. The van der Waals surface area contributed by atoms with Crippen molar-refractivity contribution in [1.82, 2.24) is 10.3 Å². The largest absolute Gasteiger partial charge is 0.478 e. The molecule has 0 aromatic carbocycles. The summed E-state index contributed by atoms with van der Waals surface area (Å²) in [4.78, 5) is 14.7. The zero-order valence-electron chi connectivity index (χ0n) is 10.1. The first-order valence-corrected chi connectivity index (χ1v) is 6.70. The van der Waals surface area contributed by atoms with Gasteiger partial charge in [-0.1, -0.05) is 0 Å². The molecule has 0 bridgehead atoms. The number of hydrogen-bond donors (Lipinski definition) is 3. The number of aromatic nitrogens is 1. The number of nitrogens with zero attached hydrogens (tertiary/aromatic N) is 1. The van der Waals surface area contributed by atoms with E-state index in [1.807, 2.05) is 16.8 Å². The molecule has 1 atom stereocenters. The van der Waals surface area contributed by atoms with Gasteiger partial charge in [0.1, 0.15) is 0 Å². The SMILES string of the molecule is O=C(O)c1ccc(CNCC(O)c2ccsc2)nc1.